The maximum absolute atomic E-state index is 12.9. The summed E-state index contributed by atoms with van der Waals surface area (Å²) in [5.41, 5.74) is 1.14. The summed E-state index contributed by atoms with van der Waals surface area (Å²) in [6, 6.07) is 21.6. The molecule has 0 fully saturated rings. The highest BCUT2D eigenvalue weighted by Gasteiger charge is 2.47. The highest BCUT2D eigenvalue weighted by molar-refractivity contribution is 6.13. The van der Waals surface area contributed by atoms with Gasteiger partial charge in [-0.2, -0.15) is 0 Å². The molecule has 0 bridgehead atoms. The van der Waals surface area contributed by atoms with Crippen LogP contribution in [-0.2, 0) is 10.5 Å². The SMILES string of the molecule is COC1(c2ccc3ccccc3c2)Nc2ccccc2C1=O. The summed E-state index contributed by atoms with van der Waals surface area (Å²) in [5, 5.41) is 5.48. The van der Waals surface area contributed by atoms with E-state index in [1.54, 1.807) is 7.11 Å². The van der Waals surface area contributed by atoms with Crippen molar-refractivity contribution in [3.05, 3.63) is 77.9 Å². The van der Waals surface area contributed by atoms with Gasteiger partial charge in [-0.25, -0.2) is 0 Å². The fraction of sp³-hybridized carbons (Fsp3) is 0.105. The second-order valence-corrected chi connectivity index (χ2v) is 5.45. The minimum Gasteiger partial charge on any atom is -0.348 e. The van der Waals surface area contributed by atoms with Crippen molar-refractivity contribution in [3.63, 3.8) is 0 Å². The number of ether oxygens (including phenoxy) is 1. The molecule has 0 amide bonds. The van der Waals surface area contributed by atoms with Gasteiger partial charge in [0.25, 0.3) is 0 Å². The fourth-order valence-corrected chi connectivity index (χ4v) is 3.10. The van der Waals surface area contributed by atoms with Crippen molar-refractivity contribution in [2.24, 2.45) is 0 Å². The van der Waals surface area contributed by atoms with E-state index in [0.717, 1.165) is 22.0 Å². The largest absolute Gasteiger partial charge is 0.348 e. The van der Waals surface area contributed by atoms with Crippen molar-refractivity contribution < 1.29 is 9.53 Å². The van der Waals surface area contributed by atoms with E-state index in [1.165, 1.54) is 0 Å². The Morgan fingerprint density at radius 3 is 2.41 bits per heavy atom. The lowest BCUT2D eigenvalue weighted by Crippen LogP contribution is -2.40. The Kier molecular flexibility index (Phi) is 2.78. The topological polar surface area (TPSA) is 38.3 Å². The van der Waals surface area contributed by atoms with Gasteiger partial charge in [0.15, 0.2) is 0 Å². The molecule has 3 nitrogen and oxygen atoms in total. The monoisotopic (exact) mass is 289 g/mol. The minimum atomic E-state index is -1.15. The Morgan fingerprint density at radius 1 is 0.909 bits per heavy atom. The molecule has 3 aromatic rings. The van der Waals surface area contributed by atoms with Gasteiger partial charge in [0, 0.05) is 23.9 Å². The first-order valence-electron chi connectivity index (χ1n) is 7.21. The zero-order chi connectivity index (χ0) is 15.2. The van der Waals surface area contributed by atoms with Crippen LogP contribution in [0.3, 0.4) is 0 Å². The Labute approximate surface area is 128 Å². The van der Waals surface area contributed by atoms with Crippen LogP contribution in [0.25, 0.3) is 10.8 Å². The van der Waals surface area contributed by atoms with Crippen molar-refractivity contribution >= 4 is 22.2 Å². The summed E-state index contributed by atoms with van der Waals surface area (Å²) in [7, 11) is 1.56. The van der Waals surface area contributed by atoms with E-state index in [0.29, 0.717) is 5.56 Å². The van der Waals surface area contributed by atoms with Gasteiger partial charge < -0.3 is 10.1 Å². The summed E-state index contributed by atoms with van der Waals surface area (Å²) in [6.45, 7) is 0. The number of Topliss-reactive ketones (excluding diaryl/α,β-unsaturated/α-hetero) is 1. The Morgan fingerprint density at radius 2 is 1.64 bits per heavy atom. The van der Waals surface area contributed by atoms with Crippen LogP contribution in [0.2, 0.25) is 0 Å². The average molecular weight is 289 g/mol. The zero-order valence-corrected chi connectivity index (χ0v) is 12.2. The molecule has 1 N–H and O–H groups in total. The molecule has 0 spiro atoms. The highest BCUT2D eigenvalue weighted by atomic mass is 16.5. The number of rotatable bonds is 2. The summed E-state index contributed by atoms with van der Waals surface area (Å²) in [5.74, 6) is -0.0547. The molecule has 1 aliphatic rings. The molecule has 1 heterocycles. The van der Waals surface area contributed by atoms with Gasteiger partial charge >= 0.3 is 0 Å². The van der Waals surface area contributed by atoms with Gasteiger partial charge in [0.05, 0.1) is 0 Å². The van der Waals surface area contributed by atoms with Crippen LogP contribution in [-0.4, -0.2) is 12.9 Å². The quantitative estimate of drug-likeness (QED) is 0.776. The van der Waals surface area contributed by atoms with E-state index < -0.39 is 5.72 Å². The number of ketones is 1. The van der Waals surface area contributed by atoms with E-state index in [9.17, 15) is 4.79 Å². The van der Waals surface area contributed by atoms with Gasteiger partial charge in [0.1, 0.15) is 0 Å². The molecule has 108 valence electrons. The molecule has 0 radical (unpaired) electrons. The third-order valence-electron chi connectivity index (χ3n) is 4.26. The molecule has 1 unspecified atom stereocenters. The Hall–Kier alpha value is -2.65. The molecule has 3 aromatic carbocycles. The summed E-state index contributed by atoms with van der Waals surface area (Å²) >= 11 is 0. The number of carbonyl (C=O) groups excluding carboxylic acids is 1. The highest BCUT2D eigenvalue weighted by Crippen LogP contribution is 2.40. The van der Waals surface area contributed by atoms with Gasteiger partial charge in [0.2, 0.25) is 11.5 Å². The Balaban J connectivity index is 1.90. The number of carbonyl (C=O) groups is 1. The predicted molar refractivity (Wildman–Crippen MR) is 87.0 cm³/mol. The average Bonchev–Trinajstić information content (AvgIpc) is 2.88. The van der Waals surface area contributed by atoms with Crippen LogP contribution in [0, 0.1) is 0 Å². The fourth-order valence-electron chi connectivity index (χ4n) is 3.10. The summed E-state index contributed by atoms with van der Waals surface area (Å²) in [4.78, 5) is 12.9. The van der Waals surface area contributed by atoms with Gasteiger partial charge in [-0.3, -0.25) is 4.79 Å². The maximum Gasteiger partial charge on any atom is 0.230 e. The minimum absolute atomic E-state index is 0.0547. The number of hydrogen-bond acceptors (Lipinski definition) is 3. The van der Waals surface area contributed by atoms with Crippen LogP contribution in [0.1, 0.15) is 15.9 Å². The second-order valence-electron chi connectivity index (χ2n) is 5.45. The first-order chi connectivity index (χ1) is 10.7. The molecule has 0 saturated heterocycles. The summed E-state index contributed by atoms with van der Waals surface area (Å²) < 4.78 is 5.67. The van der Waals surface area contributed by atoms with E-state index in [4.69, 9.17) is 4.74 Å². The third kappa shape index (κ3) is 1.69. The Bertz CT molecular complexity index is 887. The van der Waals surface area contributed by atoms with Crippen molar-refractivity contribution in [1.82, 2.24) is 0 Å². The molecular formula is C19H15NO2. The lowest BCUT2D eigenvalue weighted by atomic mass is 9.95. The van der Waals surface area contributed by atoms with Crippen LogP contribution >= 0.6 is 0 Å². The van der Waals surface area contributed by atoms with Crippen molar-refractivity contribution in [3.8, 4) is 0 Å². The number of fused-ring (bicyclic) bond motifs is 2. The summed E-state index contributed by atoms with van der Waals surface area (Å²) in [6.07, 6.45) is 0. The number of para-hydroxylation sites is 1. The standard InChI is InChI=1S/C19H15NO2/c1-22-19(18(21)16-8-4-5-9-17(16)20-19)15-11-10-13-6-2-3-7-14(13)12-15/h2-12,20H,1H3. The second kappa shape index (κ2) is 4.68. The van der Waals surface area contributed by atoms with Gasteiger partial charge in [-0.1, -0.05) is 48.5 Å². The van der Waals surface area contributed by atoms with Crippen molar-refractivity contribution in [2.75, 3.05) is 12.4 Å². The third-order valence-corrected chi connectivity index (χ3v) is 4.26. The molecule has 1 aliphatic heterocycles. The van der Waals surface area contributed by atoms with Gasteiger partial charge in [-0.15, -0.1) is 0 Å². The normalized spacial score (nSPS) is 20.0. The zero-order valence-electron chi connectivity index (χ0n) is 12.2. The molecular weight excluding hydrogens is 274 g/mol. The van der Waals surface area contributed by atoms with E-state index >= 15 is 0 Å². The number of benzene rings is 3. The van der Waals surface area contributed by atoms with Crippen LogP contribution in [0.4, 0.5) is 5.69 Å². The molecule has 0 saturated carbocycles. The van der Waals surface area contributed by atoms with E-state index in [2.05, 4.69) is 11.4 Å². The van der Waals surface area contributed by atoms with Crippen LogP contribution < -0.4 is 5.32 Å². The smallest absolute Gasteiger partial charge is 0.230 e. The van der Waals surface area contributed by atoms with Gasteiger partial charge in [-0.05, 0) is 29.0 Å². The molecule has 1 atom stereocenters. The van der Waals surface area contributed by atoms with Crippen molar-refractivity contribution in [1.29, 1.82) is 0 Å². The molecule has 0 aliphatic carbocycles. The lowest BCUT2D eigenvalue weighted by molar-refractivity contribution is 0.0195. The molecule has 22 heavy (non-hydrogen) atoms. The van der Waals surface area contributed by atoms with E-state index in [1.807, 2.05) is 60.7 Å². The molecule has 3 heteroatoms. The number of hydrogen-bond donors (Lipinski definition) is 1. The first-order valence-corrected chi connectivity index (χ1v) is 7.21. The van der Waals surface area contributed by atoms with Crippen LogP contribution in [0.5, 0.6) is 0 Å². The van der Waals surface area contributed by atoms with Crippen LogP contribution in [0.15, 0.2) is 66.7 Å². The lowest BCUT2D eigenvalue weighted by Gasteiger charge is -2.27. The maximum atomic E-state index is 12.9. The molecule has 0 aromatic heterocycles. The number of methoxy groups -OCH3 is 1. The van der Waals surface area contributed by atoms with E-state index in [-0.39, 0.29) is 5.78 Å². The first kappa shape index (κ1) is 13.0. The van der Waals surface area contributed by atoms with Crippen molar-refractivity contribution in [2.45, 2.75) is 5.72 Å². The molecule has 4 rings (SSSR count). The predicted octanol–water partition coefficient (Wildman–Crippen LogP) is 3.95. The number of anilines is 1. The number of nitrogens with one attached hydrogen (secondary N) is 1.